The fourth-order valence-corrected chi connectivity index (χ4v) is 4.74. The molecule has 26 heavy (non-hydrogen) atoms. The number of carbonyl (C=O) groups excluding carboxylic acids is 1. The Morgan fingerprint density at radius 3 is 3.15 bits per heavy atom. The molecule has 1 aromatic heterocycles. The maximum absolute atomic E-state index is 13.0. The molecule has 3 N–H and O–H groups in total. The van der Waals surface area contributed by atoms with Gasteiger partial charge in [-0.2, -0.15) is 0 Å². The first kappa shape index (κ1) is 17.3. The molecule has 0 spiro atoms. The number of nitrogens with zero attached hydrogens (tertiary/aromatic N) is 2. The van der Waals surface area contributed by atoms with E-state index in [4.69, 9.17) is 10.5 Å². The molecular weight excluding hydrogens is 348 g/mol. The van der Waals surface area contributed by atoms with Crippen LogP contribution in [0.25, 0.3) is 0 Å². The molecule has 2 aliphatic rings. The van der Waals surface area contributed by atoms with Crippen molar-refractivity contribution in [2.75, 3.05) is 32.5 Å². The molecule has 0 radical (unpaired) electrons. The fourth-order valence-electron chi connectivity index (χ4n) is 3.84. The van der Waals surface area contributed by atoms with Gasteiger partial charge in [0.2, 0.25) is 0 Å². The van der Waals surface area contributed by atoms with Gasteiger partial charge in [0.25, 0.3) is 5.91 Å². The van der Waals surface area contributed by atoms with Gasteiger partial charge in [-0.25, -0.2) is 4.98 Å². The fraction of sp³-hybridized carbons (Fsp3) is 0.474. The molecule has 0 saturated carbocycles. The first-order valence-electron chi connectivity index (χ1n) is 9.05. The van der Waals surface area contributed by atoms with E-state index in [1.165, 1.54) is 17.8 Å². The van der Waals surface area contributed by atoms with Gasteiger partial charge in [0.15, 0.2) is 5.13 Å². The number of anilines is 1. The standard InChI is InChI=1S/C19H24N4O2S/c1-25-16-3-2-13(9-14(16)8-12-4-6-21-10-12)18(24)23-7-5-15-17(11-23)26-19(20)22-15/h2-3,9,12,21H,4-8,10-11H2,1H3,(H2,20,22). The minimum Gasteiger partial charge on any atom is -0.496 e. The number of nitrogens with two attached hydrogens (primary N) is 1. The minimum absolute atomic E-state index is 0.0658. The Morgan fingerprint density at radius 1 is 1.50 bits per heavy atom. The van der Waals surface area contributed by atoms with Crippen LogP contribution in [0.5, 0.6) is 5.75 Å². The van der Waals surface area contributed by atoms with E-state index >= 15 is 0 Å². The van der Waals surface area contributed by atoms with Gasteiger partial charge in [0, 0.05) is 23.4 Å². The van der Waals surface area contributed by atoms with E-state index in [-0.39, 0.29) is 5.91 Å². The number of hydrogen-bond acceptors (Lipinski definition) is 6. The molecule has 1 aromatic carbocycles. The van der Waals surface area contributed by atoms with Gasteiger partial charge in [0.1, 0.15) is 5.75 Å². The molecule has 1 unspecified atom stereocenters. The molecule has 2 aliphatic heterocycles. The summed E-state index contributed by atoms with van der Waals surface area (Å²) in [6, 6.07) is 5.80. The normalized spacial score (nSPS) is 19.4. The molecule has 7 heteroatoms. The van der Waals surface area contributed by atoms with Crippen molar-refractivity contribution in [2.24, 2.45) is 5.92 Å². The van der Waals surface area contributed by atoms with Crippen molar-refractivity contribution in [3.8, 4) is 5.75 Å². The van der Waals surface area contributed by atoms with Gasteiger partial charge in [-0.15, -0.1) is 11.3 Å². The Kier molecular flexibility index (Phi) is 4.82. The lowest BCUT2D eigenvalue weighted by Gasteiger charge is -2.26. The number of fused-ring (bicyclic) bond motifs is 1. The Morgan fingerprint density at radius 2 is 2.38 bits per heavy atom. The largest absolute Gasteiger partial charge is 0.496 e. The van der Waals surface area contributed by atoms with E-state index in [1.807, 2.05) is 23.1 Å². The number of amides is 1. The topological polar surface area (TPSA) is 80.5 Å². The minimum atomic E-state index is 0.0658. The van der Waals surface area contributed by atoms with Gasteiger partial charge in [-0.05, 0) is 55.6 Å². The second-order valence-electron chi connectivity index (χ2n) is 6.99. The molecule has 4 rings (SSSR count). The van der Waals surface area contributed by atoms with E-state index in [0.29, 0.717) is 24.1 Å². The number of nitrogen functional groups attached to an aromatic ring is 1. The summed E-state index contributed by atoms with van der Waals surface area (Å²) in [5.74, 6) is 1.53. The molecule has 1 amide bonds. The zero-order valence-electron chi connectivity index (χ0n) is 15.0. The van der Waals surface area contributed by atoms with Crippen molar-refractivity contribution in [1.29, 1.82) is 0 Å². The summed E-state index contributed by atoms with van der Waals surface area (Å²) in [5.41, 5.74) is 8.69. The van der Waals surface area contributed by atoms with Crippen LogP contribution in [0.2, 0.25) is 0 Å². The van der Waals surface area contributed by atoms with Crippen molar-refractivity contribution in [2.45, 2.75) is 25.8 Å². The molecule has 1 atom stereocenters. The number of aromatic nitrogens is 1. The quantitative estimate of drug-likeness (QED) is 0.859. The number of thiazole rings is 1. The van der Waals surface area contributed by atoms with E-state index < -0.39 is 0 Å². The van der Waals surface area contributed by atoms with Crippen LogP contribution in [0.4, 0.5) is 5.13 Å². The Bertz CT molecular complexity index is 814. The van der Waals surface area contributed by atoms with E-state index in [2.05, 4.69) is 10.3 Å². The maximum atomic E-state index is 13.0. The molecule has 1 fully saturated rings. The Balaban J connectivity index is 1.54. The molecular formula is C19H24N4O2S. The Labute approximate surface area is 157 Å². The van der Waals surface area contributed by atoms with Crippen LogP contribution >= 0.6 is 11.3 Å². The number of methoxy groups -OCH3 is 1. The maximum Gasteiger partial charge on any atom is 0.254 e. The molecule has 0 bridgehead atoms. The van der Waals surface area contributed by atoms with Gasteiger partial charge in [0.05, 0.1) is 19.3 Å². The molecule has 0 aliphatic carbocycles. The number of rotatable bonds is 4. The first-order chi connectivity index (χ1) is 12.6. The zero-order chi connectivity index (χ0) is 18.1. The third kappa shape index (κ3) is 3.41. The summed E-state index contributed by atoms with van der Waals surface area (Å²) in [6.45, 7) is 3.38. The van der Waals surface area contributed by atoms with Crippen LogP contribution in [0.15, 0.2) is 18.2 Å². The average Bonchev–Trinajstić information content (AvgIpc) is 3.28. The highest BCUT2D eigenvalue weighted by atomic mass is 32.1. The first-order valence-corrected chi connectivity index (χ1v) is 9.86. The number of benzene rings is 1. The summed E-state index contributed by atoms with van der Waals surface area (Å²) in [7, 11) is 1.69. The van der Waals surface area contributed by atoms with E-state index in [9.17, 15) is 4.79 Å². The van der Waals surface area contributed by atoms with Crippen molar-refractivity contribution in [3.63, 3.8) is 0 Å². The molecule has 3 heterocycles. The van der Waals surface area contributed by atoms with Crippen LogP contribution < -0.4 is 15.8 Å². The lowest BCUT2D eigenvalue weighted by atomic mass is 9.96. The third-order valence-corrected chi connectivity index (χ3v) is 6.14. The number of nitrogens with one attached hydrogen (secondary N) is 1. The summed E-state index contributed by atoms with van der Waals surface area (Å²) in [4.78, 5) is 20.4. The van der Waals surface area contributed by atoms with Gasteiger partial charge in [-0.3, -0.25) is 4.79 Å². The van der Waals surface area contributed by atoms with E-state index in [0.717, 1.165) is 53.4 Å². The average molecular weight is 372 g/mol. The molecule has 138 valence electrons. The monoisotopic (exact) mass is 372 g/mol. The number of carbonyl (C=O) groups is 1. The smallest absolute Gasteiger partial charge is 0.254 e. The summed E-state index contributed by atoms with van der Waals surface area (Å²) < 4.78 is 5.52. The molecule has 6 nitrogen and oxygen atoms in total. The highest BCUT2D eigenvalue weighted by molar-refractivity contribution is 7.15. The van der Waals surface area contributed by atoms with Crippen LogP contribution in [-0.4, -0.2) is 42.5 Å². The van der Waals surface area contributed by atoms with Gasteiger partial charge in [-0.1, -0.05) is 0 Å². The predicted molar refractivity (Wildman–Crippen MR) is 103 cm³/mol. The van der Waals surface area contributed by atoms with Crippen LogP contribution in [-0.2, 0) is 19.4 Å². The summed E-state index contributed by atoms with van der Waals surface area (Å²) in [6.07, 6.45) is 2.88. The second kappa shape index (κ2) is 7.25. The third-order valence-electron chi connectivity index (χ3n) is 5.23. The second-order valence-corrected chi connectivity index (χ2v) is 8.10. The lowest BCUT2D eigenvalue weighted by molar-refractivity contribution is 0.0736. The van der Waals surface area contributed by atoms with Crippen molar-refractivity contribution in [1.82, 2.24) is 15.2 Å². The van der Waals surface area contributed by atoms with Crippen LogP contribution in [0, 0.1) is 5.92 Å². The van der Waals surface area contributed by atoms with Gasteiger partial charge < -0.3 is 20.7 Å². The predicted octanol–water partition coefficient (Wildman–Crippen LogP) is 2.08. The van der Waals surface area contributed by atoms with Crippen LogP contribution in [0.3, 0.4) is 0 Å². The zero-order valence-corrected chi connectivity index (χ0v) is 15.8. The molecule has 2 aromatic rings. The van der Waals surface area contributed by atoms with E-state index in [1.54, 1.807) is 7.11 Å². The SMILES string of the molecule is COc1ccc(C(=O)N2CCc3nc(N)sc3C2)cc1CC1CCNC1. The molecule has 1 saturated heterocycles. The van der Waals surface area contributed by atoms with Gasteiger partial charge >= 0.3 is 0 Å². The van der Waals surface area contributed by atoms with Crippen molar-refractivity contribution in [3.05, 3.63) is 39.9 Å². The highest BCUT2D eigenvalue weighted by Gasteiger charge is 2.25. The highest BCUT2D eigenvalue weighted by Crippen LogP contribution is 2.29. The lowest BCUT2D eigenvalue weighted by Crippen LogP contribution is -2.35. The van der Waals surface area contributed by atoms with Crippen LogP contribution in [0.1, 0.15) is 32.9 Å². The van der Waals surface area contributed by atoms with Crippen molar-refractivity contribution < 1.29 is 9.53 Å². The Hall–Kier alpha value is -2.12. The van der Waals surface area contributed by atoms with Crippen molar-refractivity contribution >= 4 is 22.4 Å². The summed E-state index contributed by atoms with van der Waals surface area (Å²) in [5, 5.41) is 3.98. The number of hydrogen-bond donors (Lipinski definition) is 2. The number of ether oxygens (including phenoxy) is 1. The summed E-state index contributed by atoms with van der Waals surface area (Å²) >= 11 is 1.48.